The maximum Gasteiger partial charge on any atom is 0.338 e. The van der Waals surface area contributed by atoms with Gasteiger partial charge in [0.15, 0.2) is 16.6 Å². The molecule has 1 atom stereocenters. The number of carbonyl (C=O) groups excluding carboxylic acids is 1. The lowest BCUT2D eigenvalue weighted by Crippen LogP contribution is -2.46. The molecule has 1 aliphatic rings. The van der Waals surface area contributed by atoms with Gasteiger partial charge in [-0.2, -0.15) is 0 Å². The van der Waals surface area contributed by atoms with Gasteiger partial charge >= 0.3 is 5.97 Å². The van der Waals surface area contributed by atoms with Crippen molar-refractivity contribution >= 4 is 23.3 Å². The van der Waals surface area contributed by atoms with Gasteiger partial charge in [-0.3, -0.25) is 0 Å². The molecule has 130 valence electrons. The monoisotopic (exact) mass is 350 g/mol. The van der Waals surface area contributed by atoms with Crippen LogP contribution in [0.3, 0.4) is 0 Å². The van der Waals surface area contributed by atoms with Crippen molar-refractivity contribution in [3.8, 4) is 11.5 Å². The summed E-state index contributed by atoms with van der Waals surface area (Å²) in [5.41, 5.74) is 2.13. The zero-order valence-electron chi connectivity index (χ0n) is 14.5. The zero-order valence-corrected chi connectivity index (χ0v) is 15.3. The van der Waals surface area contributed by atoms with Crippen molar-refractivity contribution in [1.29, 1.82) is 0 Å². The first kappa shape index (κ1) is 18.1. The van der Waals surface area contributed by atoms with Gasteiger partial charge in [0.1, 0.15) is 0 Å². The Morgan fingerprint density at radius 2 is 1.96 bits per heavy atom. The molecule has 2 rings (SSSR count). The lowest BCUT2D eigenvalue weighted by molar-refractivity contribution is -0.139. The van der Waals surface area contributed by atoms with E-state index in [-0.39, 0.29) is 5.97 Å². The highest BCUT2D eigenvalue weighted by atomic mass is 32.1. The van der Waals surface area contributed by atoms with E-state index in [4.69, 9.17) is 26.4 Å². The van der Waals surface area contributed by atoms with Crippen molar-refractivity contribution in [3.63, 3.8) is 0 Å². The summed E-state index contributed by atoms with van der Waals surface area (Å²) < 4.78 is 15.9. The van der Waals surface area contributed by atoms with Gasteiger partial charge in [-0.15, -0.1) is 0 Å². The first-order valence-corrected chi connectivity index (χ1v) is 7.99. The molecule has 1 aromatic rings. The molecule has 0 aliphatic carbocycles. The van der Waals surface area contributed by atoms with Gasteiger partial charge in [0, 0.05) is 12.7 Å². The normalized spacial score (nSPS) is 17.5. The van der Waals surface area contributed by atoms with E-state index in [0.717, 1.165) is 11.3 Å². The highest BCUT2D eigenvalue weighted by Crippen LogP contribution is 2.35. The minimum absolute atomic E-state index is 0.308. The van der Waals surface area contributed by atoms with Gasteiger partial charge in [-0.25, -0.2) is 4.79 Å². The lowest BCUT2D eigenvalue weighted by atomic mass is 9.95. The molecule has 0 saturated heterocycles. The van der Waals surface area contributed by atoms with E-state index in [1.807, 2.05) is 26.1 Å². The maximum absolute atomic E-state index is 12.5. The molecule has 0 bridgehead atoms. The van der Waals surface area contributed by atoms with Crippen molar-refractivity contribution in [2.45, 2.75) is 19.9 Å². The standard InChI is InChI=1S/C17H22N2O4S/c1-6-23-16(20)14-10(2)19(3)17(24)18-15(14)11-7-8-12(21-4)13(9-11)22-5/h7-9,15H,6H2,1-5H3,(H,18,24)/t15-/m1/s1. The van der Waals surface area contributed by atoms with E-state index < -0.39 is 6.04 Å². The molecule has 1 N–H and O–H groups in total. The predicted molar refractivity (Wildman–Crippen MR) is 95.1 cm³/mol. The molecule has 1 aliphatic heterocycles. The molecule has 0 aromatic heterocycles. The van der Waals surface area contributed by atoms with Gasteiger partial charge < -0.3 is 24.4 Å². The molecule has 0 spiro atoms. The van der Waals surface area contributed by atoms with Gasteiger partial charge in [-0.1, -0.05) is 6.07 Å². The molecule has 7 heteroatoms. The Kier molecular flexibility index (Phi) is 5.66. The maximum atomic E-state index is 12.5. The molecule has 1 aromatic carbocycles. The Bertz CT molecular complexity index is 687. The highest BCUT2D eigenvalue weighted by Gasteiger charge is 2.33. The predicted octanol–water partition coefficient (Wildman–Crippen LogP) is 2.40. The number of thiocarbonyl (C=S) groups is 1. The third-order valence-electron chi connectivity index (χ3n) is 3.99. The molecular formula is C17H22N2O4S. The number of hydrogen-bond donors (Lipinski definition) is 1. The smallest absolute Gasteiger partial charge is 0.338 e. The Morgan fingerprint density at radius 1 is 1.29 bits per heavy atom. The van der Waals surface area contributed by atoms with Crippen LogP contribution in [0.15, 0.2) is 29.5 Å². The van der Waals surface area contributed by atoms with E-state index in [1.54, 1.807) is 32.1 Å². The number of methoxy groups -OCH3 is 2. The van der Waals surface area contributed by atoms with Crippen LogP contribution in [0.4, 0.5) is 0 Å². The largest absolute Gasteiger partial charge is 0.493 e. The summed E-state index contributed by atoms with van der Waals surface area (Å²) in [4.78, 5) is 14.2. The fourth-order valence-electron chi connectivity index (χ4n) is 2.59. The summed E-state index contributed by atoms with van der Waals surface area (Å²) >= 11 is 5.37. The topological polar surface area (TPSA) is 60.0 Å². The molecular weight excluding hydrogens is 328 g/mol. The van der Waals surface area contributed by atoms with Crippen LogP contribution >= 0.6 is 12.2 Å². The van der Waals surface area contributed by atoms with Crippen LogP contribution < -0.4 is 14.8 Å². The van der Waals surface area contributed by atoms with Crippen LogP contribution in [-0.4, -0.2) is 43.9 Å². The van der Waals surface area contributed by atoms with Gasteiger partial charge in [0.25, 0.3) is 0 Å². The van der Waals surface area contributed by atoms with Crippen molar-refractivity contribution in [2.24, 2.45) is 0 Å². The third kappa shape index (κ3) is 3.31. The molecule has 24 heavy (non-hydrogen) atoms. The number of nitrogens with one attached hydrogen (secondary N) is 1. The van der Waals surface area contributed by atoms with Crippen molar-refractivity contribution in [3.05, 3.63) is 35.0 Å². The number of ether oxygens (including phenoxy) is 3. The fourth-order valence-corrected chi connectivity index (χ4v) is 2.85. The number of benzene rings is 1. The molecule has 0 radical (unpaired) electrons. The quantitative estimate of drug-likeness (QED) is 0.646. The van der Waals surface area contributed by atoms with E-state index in [9.17, 15) is 4.79 Å². The van der Waals surface area contributed by atoms with Crippen LogP contribution in [-0.2, 0) is 9.53 Å². The highest BCUT2D eigenvalue weighted by molar-refractivity contribution is 7.80. The van der Waals surface area contributed by atoms with Gasteiger partial charge in [-0.05, 0) is 43.8 Å². The average Bonchev–Trinajstić information content (AvgIpc) is 2.58. The van der Waals surface area contributed by atoms with Crippen molar-refractivity contribution in [1.82, 2.24) is 10.2 Å². The summed E-state index contributed by atoms with van der Waals surface area (Å²) in [5.74, 6) is 0.842. The van der Waals surface area contributed by atoms with Crippen LogP contribution in [0.1, 0.15) is 25.5 Å². The van der Waals surface area contributed by atoms with E-state index in [0.29, 0.717) is 28.8 Å². The molecule has 0 amide bonds. The van der Waals surface area contributed by atoms with Gasteiger partial charge in [0.2, 0.25) is 0 Å². The summed E-state index contributed by atoms with van der Waals surface area (Å²) in [6, 6.07) is 5.10. The van der Waals surface area contributed by atoms with Crippen LogP contribution in [0.5, 0.6) is 11.5 Å². The van der Waals surface area contributed by atoms with E-state index >= 15 is 0 Å². The summed E-state index contributed by atoms with van der Waals surface area (Å²) in [6.45, 7) is 3.94. The number of rotatable bonds is 5. The van der Waals surface area contributed by atoms with E-state index in [1.165, 1.54) is 0 Å². The SMILES string of the molecule is CCOC(=O)C1=C(C)N(C)C(=S)N[C@@H]1c1ccc(OC)c(OC)c1. The Balaban J connectivity index is 2.53. The molecule has 1 heterocycles. The van der Waals surface area contributed by atoms with E-state index in [2.05, 4.69) is 5.32 Å². The van der Waals surface area contributed by atoms with Gasteiger partial charge in [0.05, 0.1) is 32.4 Å². The average molecular weight is 350 g/mol. The minimum atomic E-state index is -0.410. The third-order valence-corrected chi connectivity index (χ3v) is 4.38. The minimum Gasteiger partial charge on any atom is -0.493 e. The number of esters is 1. The molecule has 0 fully saturated rings. The summed E-state index contributed by atoms with van der Waals surface area (Å²) in [7, 11) is 4.96. The van der Waals surface area contributed by atoms with Crippen LogP contribution in [0.2, 0.25) is 0 Å². The first-order valence-electron chi connectivity index (χ1n) is 7.58. The fraction of sp³-hybridized carbons (Fsp3) is 0.412. The Labute approximate surface area is 147 Å². The molecule has 6 nitrogen and oxygen atoms in total. The first-order chi connectivity index (χ1) is 11.4. The molecule has 0 unspecified atom stereocenters. The second-order valence-corrected chi connectivity index (χ2v) is 5.66. The van der Waals surface area contributed by atoms with Crippen LogP contribution in [0.25, 0.3) is 0 Å². The lowest BCUT2D eigenvalue weighted by Gasteiger charge is -2.35. The number of hydrogen-bond acceptors (Lipinski definition) is 5. The van der Waals surface area contributed by atoms with Crippen LogP contribution in [0, 0.1) is 0 Å². The summed E-state index contributed by atoms with van der Waals surface area (Å²) in [6.07, 6.45) is 0. The Hall–Kier alpha value is -2.28. The number of carbonyl (C=O) groups is 1. The Morgan fingerprint density at radius 3 is 2.54 bits per heavy atom. The van der Waals surface area contributed by atoms with Crippen molar-refractivity contribution < 1.29 is 19.0 Å². The second-order valence-electron chi connectivity index (χ2n) is 5.28. The zero-order chi connectivity index (χ0) is 17.9. The second kappa shape index (κ2) is 7.53. The summed E-state index contributed by atoms with van der Waals surface area (Å²) in [5, 5.41) is 3.74. The van der Waals surface area contributed by atoms with Crippen molar-refractivity contribution in [2.75, 3.05) is 27.9 Å². The number of allylic oxidation sites excluding steroid dienone is 1. The molecule has 0 saturated carbocycles. The number of nitrogens with zero attached hydrogens (tertiary/aromatic N) is 1.